The van der Waals surface area contributed by atoms with Crippen LogP contribution in [0.3, 0.4) is 0 Å². The van der Waals surface area contributed by atoms with Gasteiger partial charge in [0.05, 0.1) is 18.3 Å². The Hall–Kier alpha value is -2.09. The average Bonchev–Trinajstić information content (AvgIpc) is 3.27. The Labute approximate surface area is 173 Å². The van der Waals surface area contributed by atoms with E-state index in [9.17, 15) is 0 Å². The third-order valence-electron chi connectivity index (χ3n) is 4.10. The summed E-state index contributed by atoms with van der Waals surface area (Å²) in [6, 6.07) is 9.29. The first kappa shape index (κ1) is 19.7. The summed E-state index contributed by atoms with van der Waals surface area (Å²) in [6.07, 6.45) is 3.63. The Morgan fingerprint density at radius 3 is 2.67 bits per heavy atom. The number of halogens is 2. The molecule has 142 valence electrons. The zero-order valence-electron chi connectivity index (χ0n) is 15.0. The molecule has 0 aliphatic rings. The number of hydrogen-bond acceptors (Lipinski definition) is 3. The van der Waals surface area contributed by atoms with Crippen LogP contribution in [0.15, 0.2) is 42.7 Å². The topological polar surface area (TPSA) is 59.7 Å². The van der Waals surface area contributed by atoms with Gasteiger partial charge in [-0.05, 0) is 44.3 Å². The van der Waals surface area contributed by atoms with Crippen molar-refractivity contribution in [3.63, 3.8) is 0 Å². The fourth-order valence-electron chi connectivity index (χ4n) is 2.76. The van der Waals surface area contributed by atoms with Gasteiger partial charge in [0.1, 0.15) is 0 Å². The van der Waals surface area contributed by atoms with Gasteiger partial charge < -0.3 is 10.6 Å². The number of aromatic nitrogens is 4. The van der Waals surface area contributed by atoms with E-state index in [0.29, 0.717) is 27.5 Å². The molecule has 0 aliphatic carbocycles. The fraction of sp³-hybridized carbons (Fsp3) is 0.278. The predicted molar refractivity (Wildman–Crippen MR) is 113 cm³/mol. The zero-order valence-corrected chi connectivity index (χ0v) is 17.3. The van der Waals surface area contributed by atoms with E-state index in [1.807, 2.05) is 48.1 Å². The first-order valence-corrected chi connectivity index (χ1v) is 9.70. The molecule has 27 heavy (non-hydrogen) atoms. The highest BCUT2D eigenvalue weighted by Gasteiger charge is 2.13. The Balaban J connectivity index is 1.61. The lowest BCUT2D eigenvalue weighted by Gasteiger charge is -2.17. The molecule has 0 saturated heterocycles. The maximum Gasteiger partial charge on any atom is 0.172 e. The van der Waals surface area contributed by atoms with E-state index in [1.165, 1.54) is 0 Å². The highest BCUT2D eigenvalue weighted by Crippen LogP contribution is 2.25. The first-order chi connectivity index (χ1) is 13.0. The van der Waals surface area contributed by atoms with Crippen LogP contribution in [0.5, 0.6) is 0 Å². The monoisotopic (exact) mass is 422 g/mol. The van der Waals surface area contributed by atoms with E-state index in [4.69, 9.17) is 35.4 Å². The Morgan fingerprint density at radius 2 is 1.96 bits per heavy atom. The van der Waals surface area contributed by atoms with Gasteiger partial charge in [-0.2, -0.15) is 10.2 Å². The van der Waals surface area contributed by atoms with Gasteiger partial charge in [-0.15, -0.1) is 0 Å². The molecule has 0 bridgehead atoms. The molecule has 6 nitrogen and oxygen atoms in total. The van der Waals surface area contributed by atoms with Gasteiger partial charge in [0.2, 0.25) is 0 Å². The van der Waals surface area contributed by atoms with Crippen molar-refractivity contribution in [1.29, 1.82) is 0 Å². The number of nitrogens with one attached hydrogen (secondary N) is 2. The standard InChI is InChI=1S/C18H20Cl2N6S/c1-3-26-16(7-9-21-26)12(2)22-18(27)23-17-8-10-25(24-17)11-13-14(19)5-4-6-15(13)20/h4-10,12H,3,11H2,1-2H3,(H2,22,23,24,27). The summed E-state index contributed by atoms with van der Waals surface area (Å²) in [7, 11) is 0. The molecule has 2 heterocycles. The van der Waals surface area contributed by atoms with E-state index in [0.717, 1.165) is 17.8 Å². The molecule has 9 heteroatoms. The van der Waals surface area contributed by atoms with Crippen LogP contribution in [-0.4, -0.2) is 24.7 Å². The minimum Gasteiger partial charge on any atom is -0.354 e. The summed E-state index contributed by atoms with van der Waals surface area (Å²) in [5, 5.41) is 16.8. The molecule has 3 aromatic rings. The van der Waals surface area contributed by atoms with Gasteiger partial charge >= 0.3 is 0 Å². The van der Waals surface area contributed by atoms with Crippen LogP contribution < -0.4 is 10.6 Å². The molecule has 2 aromatic heterocycles. The lowest BCUT2D eigenvalue weighted by molar-refractivity contribution is 0.568. The van der Waals surface area contributed by atoms with Gasteiger partial charge in [-0.1, -0.05) is 29.3 Å². The quantitative estimate of drug-likeness (QED) is 0.572. The van der Waals surface area contributed by atoms with Crippen molar-refractivity contribution in [2.45, 2.75) is 33.0 Å². The van der Waals surface area contributed by atoms with Crippen LogP contribution in [0, 0.1) is 0 Å². The van der Waals surface area contributed by atoms with Crippen LogP contribution in [0.4, 0.5) is 5.82 Å². The smallest absolute Gasteiger partial charge is 0.172 e. The number of rotatable bonds is 6. The van der Waals surface area contributed by atoms with E-state index < -0.39 is 0 Å². The summed E-state index contributed by atoms with van der Waals surface area (Å²) in [6.45, 7) is 5.38. The molecule has 2 N–H and O–H groups in total. The van der Waals surface area contributed by atoms with Crippen molar-refractivity contribution in [2.75, 3.05) is 5.32 Å². The van der Waals surface area contributed by atoms with Crippen molar-refractivity contribution >= 4 is 46.4 Å². The van der Waals surface area contributed by atoms with Crippen LogP contribution in [0.25, 0.3) is 0 Å². The lowest BCUT2D eigenvalue weighted by atomic mass is 10.2. The SMILES string of the molecule is CCn1nccc1C(C)NC(=S)Nc1ccn(Cc2c(Cl)cccc2Cl)n1. The van der Waals surface area contributed by atoms with Crippen molar-refractivity contribution in [1.82, 2.24) is 24.9 Å². The molecule has 1 unspecified atom stereocenters. The highest BCUT2D eigenvalue weighted by molar-refractivity contribution is 7.80. The number of anilines is 1. The summed E-state index contributed by atoms with van der Waals surface area (Å²) in [5.41, 5.74) is 1.90. The zero-order chi connectivity index (χ0) is 19.4. The second-order valence-electron chi connectivity index (χ2n) is 5.99. The summed E-state index contributed by atoms with van der Waals surface area (Å²) < 4.78 is 3.69. The molecule has 1 atom stereocenters. The maximum absolute atomic E-state index is 6.22. The molecule has 0 aliphatic heterocycles. The molecule has 0 fully saturated rings. The minimum absolute atomic E-state index is 0.0245. The Bertz CT molecular complexity index is 915. The Morgan fingerprint density at radius 1 is 1.22 bits per heavy atom. The molecule has 0 saturated carbocycles. The average molecular weight is 423 g/mol. The van der Waals surface area contributed by atoms with Gasteiger partial charge in [0.25, 0.3) is 0 Å². The fourth-order valence-corrected chi connectivity index (χ4v) is 3.56. The Kier molecular flexibility index (Phi) is 6.36. The van der Waals surface area contributed by atoms with Crippen LogP contribution >= 0.6 is 35.4 Å². The normalized spacial score (nSPS) is 12.0. The largest absolute Gasteiger partial charge is 0.354 e. The number of hydrogen-bond donors (Lipinski definition) is 2. The lowest BCUT2D eigenvalue weighted by Crippen LogP contribution is -2.32. The van der Waals surface area contributed by atoms with Crippen LogP contribution in [0.1, 0.15) is 31.1 Å². The van der Waals surface area contributed by atoms with Gasteiger partial charge in [-0.3, -0.25) is 9.36 Å². The van der Waals surface area contributed by atoms with Crippen LogP contribution in [-0.2, 0) is 13.1 Å². The summed E-state index contributed by atoms with van der Waals surface area (Å²) >= 11 is 17.8. The van der Waals surface area contributed by atoms with E-state index in [2.05, 4.69) is 27.8 Å². The van der Waals surface area contributed by atoms with Crippen molar-refractivity contribution in [3.05, 3.63) is 64.0 Å². The van der Waals surface area contributed by atoms with Crippen LogP contribution in [0.2, 0.25) is 10.0 Å². The highest BCUT2D eigenvalue weighted by atomic mass is 35.5. The van der Waals surface area contributed by atoms with E-state index in [-0.39, 0.29) is 6.04 Å². The van der Waals surface area contributed by atoms with Crippen molar-refractivity contribution < 1.29 is 0 Å². The molecule has 3 rings (SSSR count). The second-order valence-corrected chi connectivity index (χ2v) is 7.21. The minimum atomic E-state index is 0.0245. The maximum atomic E-state index is 6.22. The first-order valence-electron chi connectivity index (χ1n) is 8.53. The number of nitrogens with zero attached hydrogens (tertiary/aromatic N) is 4. The van der Waals surface area contributed by atoms with E-state index >= 15 is 0 Å². The third-order valence-corrected chi connectivity index (χ3v) is 5.03. The van der Waals surface area contributed by atoms with Crippen molar-refractivity contribution in [2.24, 2.45) is 0 Å². The molecule has 0 amide bonds. The third kappa shape index (κ3) is 4.80. The van der Waals surface area contributed by atoms with Gasteiger partial charge in [-0.25, -0.2) is 0 Å². The van der Waals surface area contributed by atoms with Gasteiger partial charge in [0, 0.05) is 40.6 Å². The molecular formula is C18H20Cl2N6S. The summed E-state index contributed by atoms with van der Waals surface area (Å²) in [4.78, 5) is 0. The summed E-state index contributed by atoms with van der Waals surface area (Å²) in [5.74, 6) is 0.645. The molecule has 1 aromatic carbocycles. The predicted octanol–water partition coefficient (Wildman–Crippen LogP) is 4.50. The number of benzene rings is 1. The van der Waals surface area contributed by atoms with Gasteiger partial charge in [0.15, 0.2) is 10.9 Å². The molecule has 0 radical (unpaired) electrons. The second kappa shape index (κ2) is 8.73. The molecular weight excluding hydrogens is 403 g/mol. The number of aryl methyl sites for hydroxylation is 1. The van der Waals surface area contributed by atoms with Crippen molar-refractivity contribution in [3.8, 4) is 0 Å². The van der Waals surface area contributed by atoms with E-state index in [1.54, 1.807) is 10.9 Å². The molecule has 0 spiro atoms. The number of thiocarbonyl (C=S) groups is 1.